The van der Waals surface area contributed by atoms with E-state index >= 15 is 0 Å². The van der Waals surface area contributed by atoms with E-state index in [0.29, 0.717) is 17.4 Å². The molecular formula is C16H30BrN3. The van der Waals surface area contributed by atoms with Gasteiger partial charge in [0, 0.05) is 19.5 Å². The van der Waals surface area contributed by atoms with Crippen LogP contribution in [0.15, 0.2) is 4.47 Å². The molecule has 4 heteroatoms. The SMILES string of the molecule is CCc1nn(C)c(CC(CC(C)C(C)(C)C)NC)c1Br. The van der Waals surface area contributed by atoms with E-state index < -0.39 is 0 Å². The highest BCUT2D eigenvalue weighted by atomic mass is 79.9. The third kappa shape index (κ3) is 4.32. The zero-order chi connectivity index (χ0) is 15.5. The van der Waals surface area contributed by atoms with Crippen LogP contribution in [0.1, 0.15) is 52.4 Å². The zero-order valence-corrected chi connectivity index (χ0v) is 15.6. The van der Waals surface area contributed by atoms with Gasteiger partial charge in [0.05, 0.1) is 15.9 Å². The third-order valence-electron chi connectivity index (χ3n) is 4.47. The van der Waals surface area contributed by atoms with Crippen molar-refractivity contribution in [1.29, 1.82) is 0 Å². The van der Waals surface area contributed by atoms with Gasteiger partial charge in [-0.05, 0) is 47.2 Å². The molecule has 0 saturated carbocycles. The Morgan fingerprint density at radius 3 is 2.35 bits per heavy atom. The number of hydrogen-bond donors (Lipinski definition) is 1. The summed E-state index contributed by atoms with van der Waals surface area (Å²) < 4.78 is 3.21. The third-order valence-corrected chi connectivity index (χ3v) is 5.38. The summed E-state index contributed by atoms with van der Waals surface area (Å²) >= 11 is 3.71. The van der Waals surface area contributed by atoms with Crippen molar-refractivity contribution in [3.05, 3.63) is 15.9 Å². The number of halogens is 1. The predicted octanol–water partition coefficient (Wildman–Crippen LogP) is 3.95. The van der Waals surface area contributed by atoms with E-state index in [0.717, 1.165) is 18.5 Å². The molecule has 0 aliphatic rings. The lowest BCUT2D eigenvalue weighted by Crippen LogP contribution is -2.33. The number of aryl methyl sites for hydroxylation is 2. The highest BCUT2D eigenvalue weighted by Crippen LogP contribution is 2.30. The van der Waals surface area contributed by atoms with Gasteiger partial charge in [0.1, 0.15) is 0 Å². The quantitative estimate of drug-likeness (QED) is 0.847. The van der Waals surface area contributed by atoms with Crippen LogP contribution < -0.4 is 5.32 Å². The number of hydrogen-bond acceptors (Lipinski definition) is 2. The Balaban J connectivity index is 2.82. The van der Waals surface area contributed by atoms with Gasteiger partial charge in [0.25, 0.3) is 0 Å². The van der Waals surface area contributed by atoms with E-state index in [2.05, 4.69) is 68.0 Å². The van der Waals surface area contributed by atoms with Gasteiger partial charge in [-0.2, -0.15) is 5.10 Å². The van der Waals surface area contributed by atoms with Crippen molar-refractivity contribution in [3.63, 3.8) is 0 Å². The normalized spacial score (nSPS) is 15.4. The lowest BCUT2D eigenvalue weighted by molar-refractivity contribution is 0.224. The van der Waals surface area contributed by atoms with E-state index in [1.165, 1.54) is 16.6 Å². The molecule has 1 rings (SSSR count). The summed E-state index contributed by atoms with van der Waals surface area (Å²) in [6, 6.07) is 0.487. The van der Waals surface area contributed by atoms with Crippen molar-refractivity contribution in [3.8, 4) is 0 Å². The van der Waals surface area contributed by atoms with Crippen LogP contribution in [0.25, 0.3) is 0 Å². The van der Waals surface area contributed by atoms with Crippen molar-refractivity contribution in [1.82, 2.24) is 15.1 Å². The summed E-state index contributed by atoms with van der Waals surface area (Å²) in [4.78, 5) is 0. The molecule has 0 aromatic carbocycles. The van der Waals surface area contributed by atoms with Gasteiger partial charge >= 0.3 is 0 Å². The Morgan fingerprint density at radius 1 is 1.35 bits per heavy atom. The maximum atomic E-state index is 4.59. The fourth-order valence-corrected chi connectivity index (χ4v) is 3.14. The summed E-state index contributed by atoms with van der Waals surface area (Å²) in [7, 11) is 4.10. The van der Waals surface area contributed by atoms with Crippen molar-refractivity contribution in [2.45, 2.75) is 59.9 Å². The van der Waals surface area contributed by atoms with Crippen LogP contribution in [0.2, 0.25) is 0 Å². The number of nitrogens with one attached hydrogen (secondary N) is 1. The van der Waals surface area contributed by atoms with Gasteiger partial charge in [-0.15, -0.1) is 0 Å². The van der Waals surface area contributed by atoms with Gasteiger partial charge in [-0.1, -0.05) is 34.6 Å². The van der Waals surface area contributed by atoms with E-state index in [1.807, 2.05) is 11.7 Å². The molecule has 0 spiro atoms. The minimum Gasteiger partial charge on any atom is -0.317 e. The maximum absolute atomic E-state index is 4.59. The first kappa shape index (κ1) is 17.7. The minimum atomic E-state index is 0.355. The summed E-state index contributed by atoms with van der Waals surface area (Å²) in [5, 5.41) is 8.06. The molecule has 0 amide bonds. The first-order valence-electron chi connectivity index (χ1n) is 7.58. The van der Waals surface area contributed by atoms with Crippen LogP contribution in [0.4, 0.5) is 0 Å². The average Bonchev–Trinajstić information content (AvgIpc) is 2.63. The summed E-state index contributed by atoms with van der Waals surface area (Å²) in [5.74, 6) is 0.678. The number of rotatable bonds is 6. The van der Waals surface area contributed by atoms with Gasteiger partial charge in [0.15, 0.2) is 0 Å². The van der Waals surface area contributed by atoms with Crippen molar-refractivity contribution < 1.29 is 0 Å². The van der Waals surface area contributed by atoms with Crippen LogP contribution in [-0.4, -0.2) is 22.9 Å². The van der Waals surface area contributed by atoms with E-state index in [-0.39, 0.29) is 0 Å². The molecule has 20 heavy (non-hydrogen) atoms. The van der Waals surface area contributed by atoms with Crippen molar-refractivity contribution in [2.75, 3.05) is 7.05 Å². The predicted molar refractivity (Wildman–Crippen MR) is 90.1 cm³/mol. The molecule has 2 atom stereocenters. The molecule has 116 valence electrons. The molecule has 0 aliphatic carbocycles. The molecule has 3 nitrogen and oxygen atoms in total. The smallest absolute Gasteiger partial charge is 0.0766 e. The van der Waals surface area contributed by atoms with Crippen molar-refractivity contribution in [2.24, 2.45) is 18.4 Å². The highest BCUT2D eigenvalue weighted by molar-refractivity contribution is 9.10. The molecule has 2 unspecified atom stereocenters. The van der Waals surface area contributed by atoms with Crippen LogP contribution >= 0.6 is 15.9 Å². The fraction of sp³-hybridized carbons (Fsp3) is 0.812. The highest BCUT2D eigenvalue weighted by Gasteiger charge is 2.24. The molecule has 0 saturated heterocycles. The minimum absolute atomic E-state index is 0.355. The van der Waals surface area contributed by atoms with Gasteiger partial charge in [0.2, 0.25) is 0 Å². The molecular weight excluding hydrogens is 314 g/mol. The Labute approximate surface area is 132 Å². The topological polar surface area (TPSA) is 29.9 Å². The second-order valence-corrected chi connectivity index (χ2v) is 7.67. The summed E-state index contributed by atoms with van der Waals surface area (Å²) in [6.45, 7) is 11.5. The molecule has 0 aliphatic heterocycles. The molecule has 1 aromatic heterocycles. The molecule has 0 fully saturated rings. The van der Waals surface area contributed by atoms with Crippen molar-refractivity contribution >= 4 is 15.9 Å². The molecule has 1 heterocycles. The second kappa shape index (κ2) is 7.08. The lowest BCUT2D eigenvalue weighted by Gasteiger charge is -2.30. The van der Waals surface area contributed by atoms with Gasteiger partial charge in [-0.25, -0.2) is 0 Å². The van der Waals surface area contributed by atoms with E-state index in [4.69, 9.17) is 0 Å². The second-order valence-electron chi connectivity index (χ2n) is 6.88. The van der Waals surface area contributed by atoms with E-state index in [9.17, 15) is 0 Å². The summed E-state index contributed by atoms with van der Waals surface area (Å²) in [6.07, 6.45) is 3.16. The molecule has 0 radical (unpaired) electrons. The number of aromatic nitrogens is 2. The fourth-order valence-electron chi connectivity index (χ4n) is 2.36. The lowest BCUT2D eigenvalue weighted by atomic mass is 9.78. The Morgan fingerprint density at radius 2 is 1.95 bits per heavy atom. The molecule has 1 N–H and O–H groups in total. The maximum Gasteiger partial charge on any atom is 0.0766 e. The van der Waals surface area contributed by atoms with Crippen LogP contribution in [0.3, 0.4) is 0 Å². The number of likely N-dealkylation sites (N-methyl/N-ethyl adjacent to an activating group) is 1. The summed E-state index contributed by atoms with van der Waals surface area (Å²) in [5.41, 5.74) is 2.80. The Kier molecular flexibility index (Phi) is 6.26. The Bertz CT molecular complexity index is 432. The molecule has 1 aromatic rings. The standard InChI is InChI=1S/C16H30BrN3/c1-8-13-15(17)14(20(7)19-13)10-12(18-6)9-11(2)16(3,4)5/h11-12,18H,8-10H2,1-7H3. The first-order valence-corrected chi connectivity index (χ1v) is 8.37. The number of nitrogens with zero attached hydrogens (tertiary/aromatic N) is 2. The van der Waals surface area contributed by atoms with Gasteiger partial charge < -0.3 is 5.32 Å². The van der Waals surface area contributed by atoms with Crippen LogP contribution in [0, 0.1) is 11.3 Å². The monoisotopic (exact) mass is 343 g/mol. The largest absolute Gasteiger partial charge is 0.317 e. The zero-order valence-electron chi connectivity index (χ0n) is 14.0. The van der Waals surface area contributed by atoms with Crippen LogP contribution in [-0.2, 0) is 19.9 Å². The van der Waals surface area contributed by atoms with Gasteiger partial charge in [-0.3, -0.25) is 4.68 Å². The average molecular weight is 344 g/mol. The van der Waals surface area contributed by atoms with E-state index in [1.54, 1.807) is 0 Å². The Hall–Kier alpha value is -0.350. The molecule has 0 bridgehead atoms. The first-order chi connectivity index (χ1) is 9.20. The van der Waals surface area contributed by atoms with Crippen LogP contribution in [0.5, 0.6) is 0 Å².